The van der Waals surface area contributed by atoms with Crippen molar-refractivity contribution in [2.24, 2.45) is 7.05 Å². The average Bonchev–Trinajstić information content (AvgIpc) is 3.44. The van der Waals surface area contributed by atoms with Crippen LogP contribution in [0.3, 0.4) is 0 Å². The highest BCUT2D eigenvalue weighted by molar-refractivity contribution is 5.74. The van der Waals surface area contributed by atoms with Gasteiger partial charge in [-0.2, -0.15) is 0 Å². The van der Waals surface area contributed by atoms with E-state index in [1.165, 1.54) is 0 Å². The first kappa shape index (κ1) is 17.9. The minimum absolute atomic E-state index is 0.0131. The number of likely N-dealkylation sites (tertiary alicyclic amines) is 1. The minimum atomic E-state index is -0.0131. The van der Waals surface area contributed by atoms with Gasteiger partial charge in [0.05, 0.1) is 17.2 Å². The molecule has 1 aliphatic heterocycles. The third-order valence-electron chi connectivity index (χ3n) is 5.83. The zero-order chi connectivity index (χ0) is 19.8. The van der Waals surface area contributed by atoms with Gasteiger partial charge < -0.3 is 9.47 Å². The molecule has 7 nitrogen and oxygen atoms in total. The quantitative estimate of drug-likeness (QED) is 0.527. The molecule has 4 aromatic rings. The van der Waals surface area contributed by atoms with Gasteiger partial charge in [0.25, 0.3) is 0 Å². The highest BCUT2D eigenvalue weighted by Crippen LogP contribution is 2.25. The van der Waals surface area contributed by atoms with Gasteiger partial charge in [0.15, 0.2) is 5.65 Å². The molecule has 1 aromatic carbocycles. The van der Waals surface area contributed by atoms with Gasteiger partial charge in [-0.15, -0.1) is 0 Å². The smallest absolute Gasteiger partial charge is 0.335 e. The Bertz CT molecular complexity index is 1190. The second-order valence-corrected chi connectivity index (χ2v) is 7.62. The van der Waals surface area contributed by atoms with Crippen LogP contribution in [0.5, 0.6) is 0 Å². The van der Waals surface area contributed by atoms with Crippen LogP contribution >= 0.6 is 0 Å². The Hall–Kier alpha value is -3.19. The molecule has 0 spiro atoms. The fourth-order valence-corrected chi connectivity index (χ4v) is 4.33. The van der Waals surface area contributed by atoms with E-state index in [0.29, 0.717) is 0 Å². The fourth-order valence-electron chi connectivity index (χ4n) is 4.33. The molecule has 1 fully saturated rings. The summed E-state index contributed by atoms with van der Waals surface area (Å²) in [5.41, 5.74) is 2.48. The lowest BCUT2D eigenvalue weighted by Gasteiger charge is -2.16. The Morgan fingerprint density at radius 1 is 1.07 bits per heavy atom. The fraction of sp³-hybridized carbons (Fsp3) is 0.318. The monoisotopic (exact) mass is 388 g/mol. The van der Waals surface area contributed by atoms with Crippen LogP contribution < -0.4 is 5.69 Å². The molecule has 0 amide bonds. The summed E-state index contributed by atoms with van der Waals surface area (Å²) in [6.45, 7) is 2.78. The minimum Gasteiger partial charge on any atom is -0.338 e. The summed E-state index contributed by atoms with van der Waals surface area (Å²) in [7, 11) is 2.03. The Morgan fingerprint density at radius 2 is 1.93 bits per heavy atom. The molecule has 1 saturated heterocycles. The van der Waals surface area contributed by atoms with E-state index in [4.69, 9.17) is 0 Å². The summed E-state index contributed by atoms with van der Waals surface area (Å²) in [6, 6.07) is 13.8. The van der Waals surface area contributed by atoms with Crippen LogP contribution in [0.4, 0.5) is 0 Å². The Morgan fingerprint density at radius 3 is 2.72 bits per heavy atom. The molecule has 29 heavy (non-hydrogen) atoms. The lowest BCUT2D eigenvalue weighted by atomic mass is 10.2. The van der Waals surface area contributed by atoms with E-state index in [0.717, 1.165) is 55.2 Å². The summed E-state index contributed by atoms with van der Waals surface area (Å²) < 4.78 is 5.73. The van der Waals surface area contributed by atoms with Crippen molar-refractivity contribution in [1.82, 2.24) is 28.6 Å². The highest BCUT2D eigenvalue weighted by Gasteiger charge is 2.28. The van der Waals surface area contributed by atoms with Crippen LogP contribution in [-0.4, -0.2) is 48.2 Å². The van der Waals surface area contributed by atoms with Crippen LogP contribution in [-0.2, 0) is 13.5 Å². The Labute approximate surface area is 168 Å². The number of pyridine rings is 1. The lowest BCUT2D eigenvalue weighted by molar-refractivity contribution is 0.324. The van der Waals surface area contributed by atoms with Crippen LogP contribution in [0.25, 0.3) is 16.9 Å². The average molecular weight is 388 g/mol. The number of para-hydroxylation sites is 1. The number of aryl methyl sites for hydroxylation is 1. The number of rotatable bonds is 5. The van der Waals surface area contributed by atoms with E-state index >= 15 is 0 Å². The third-order valence-corrected chi connectivity index (χ3v) is 5.83. The number of fused-ring (bicyclic) bond motifs is 1. The molecule has 1 aliphatic rings. The van der Waals surface area contributed by atoms with E-state index in [2.05, 4.69) is 19.4 Å². The molecule has 148 valence electrons. The summed E-state index contributed by atoms with van der Waals surface area (Å²) in [6.07, 6.45) is 7.44. The van der Waals surface area contributed by atoms with Crippen molar-refractivity contribution < 1.29 is 0 Å². The molecule has 1 atom stereocenters. The molecule has 1 unspecified atom stereocenters. The molecule has 7 heteroatoms. The summed E-state index contributed by atoms with van der Waals surface area (Å²) in [5.74, 6) is 1.09. The summed E-state index contributed by atoms with van der Waals surface area (Å²) in [4.78, 5) is 24.8. The number of benzene rings is 1. The highest BCUT2D eigenvalue weighted by atomic mass is 16.2. The zero-order valence-electron chi connectivity index (χ0n) is 16.5. The van der Waals surface area contributed by atoms with Crippen molar-refractivity contribution in [2.75, 3.05) is 19.6 Å². The van der Waals surface area contributed by atoms with Crippen molar-refractivity contribution in [3.05, 3.63) is 77.4 Å². The van der Waals surface area contributed by atoms with Gasteiger partial charge in [-0.05, 0) is 30.7 Å². The lowest BCUT2D eigenvalue weighted by Crippen LogP contribution is -2.30. The molecule has 4 heterocycles. The van der Waals surface area contributed by atoms with E-state index in [9.17, 15) is 4.79 Å². The Kier molecular flexibility index (Phi) is 4.52. The van der Waals surface area contributed by atoms with Gasteiger partial charge in [-0.1, -0.05) is 18.2 Å². The predicted octanol–water partition coefficient (Wildman–Crippen LogP) is 2.41. The van der Waals surface area contributed by atoms with E-state index in [1.807, 2.05) is 66.5 Å². The van der Waals surface area contributed by atoms with Gasteiger partial charge >= 0.3 is 5.69 Å². The standard InChI is InChI=1S/C22H24N6O/c1-25-15-12-23-20(25)10-14-26-13-9-18(16-26)28-21-19(8-5-11-24-21)27(22(28)29)17-6-3-2-4-7-17/h2-8,11-12,15,18H,9-10,13-14,16H2,1H3. The Balaban J connectivity index is 1.45. The molecular weight excluding hydrogens is 364 g/mol. The molecule has 0 saturated carbocycles. The predicted molar refractivity (Wildman–Crippen MR) is 112 cm³/mol. The van der Waals surface area contributed by atoms with Crippen LogP contribution in [0.2, 0.25) is 0 Å². The molecule has 3 aromatic heterocycles. The van der Waals surface area contributed by atoms with Gasteiger partial charge in [-0.25, -0.2) is 14.8 Å². The number of hydrogen-bond donors (Lipinski definition) is 0. The van der Waals surface area contributed by atoms with Crippen LogP contribution in [0.1, 0.15) is 18.3 Å². The van der Waals surface area contributed by atoms with Crippen molar-refractivity contribution in [3.63, 3.8) is 0 Å². The van der Waals surface area contributed by atoms with E-state index in [-0.39, 0.29) is 11.7 Å². The van der Waals surface area contributed by atoms with Gasteiger partial charge in [0.2, 0.25) is 0 Å². The maximum atomic E-state index is 13.4. The maximum absolute atomic E-state index is 13.4. The molecule has 0 N–H and O–H groups in total. The van der Waals surface area contributed by atoms with Crippen LogP contribution in [0, 0.1) is 0 Å². The molecule has 5 rings (SSSR count). The molecule has 0 radical (unpaired) electrons. The van der Waals surface area contributed by atoms with Crippen molar-refractivity contribution in [2.45, 2.75) is 18.9 Å². The summed E-state index contributed by atoms with van der Waals surface area (Å²) >= 11 is 0. The largest absolute Gasteiger partial charge is 0.338 e. The number of hydrogen-bond acceptors (Lipinski definition) is 4. The molecular formula is C22H24N6O. The van der Waals surface area contributed by atoms with Crippen molar-refractivity contribution in [1.29, 1.82) is 0 Å². The first-order valence-electron chi connectivity index (χ1n) is 10.0. The first-order chi connectivity index (χ1) is 14.2. The zero-order valence-corrected chi connectivity index (χ0v) is 16.5. The van der Waals surface area contributed by atoms with E-state index < -0.39 is 0 Å². The van der Waals surface area contributed by atoms with E-state index in [1.54, 1.807) is 10.8 Å². The van der Waals surface area contributed by atoms with Crippen molar-refractivity contribution in [3.8, 4) is 5.69 Å². The molecule has 0 aliphatic carbocycles. The van der Waals surface area contributed by atoms with Gasteiger partial charge in [-0.3, -0.25) is 9.13 Å². The van der Waals surface area contributed by atoms with Crippen LogP contribution in [0.15, 0.2) is 65.8 Å². The number of nitrogens with zero attached hydrogens (tertiary/aromatic N) is 6. The summed E-state index contributed by atoms with van der Waals surface area (Å²) in [5, 5.41) is 0. The topological polar surface area (TPSA) is 60.9 Å². The normalized spacial score (nSPS) is 17.3. The second kappa shape index (κ2) is 7.33. The van der Waals surface area contributed by atoms with Gasteiger partial charge in [0, 0.05) is 51.7 Å². The van der Waals surface area contributed by atoms with Gasteiger partial charge in [0.1, 0.15) is 5.82 Å². The number of imidazole rings is 2. The first-order valence-corrected chi connectivity index (χ1v) is 10.0. The molecule has 0 bridgehead atoms. The number of aromatic nitrogens is 5. The second-order valence-electron chi connectivity index (χ2n) is 7.62. The van der Waals surface area contributed by atoms with Crippen molar-refractivity contribution >= 4 is 11.2 Å². The SMILES string of the molecule is Cn1ccnc1CCN1CCC(n2c(=O)n(-c3ccccc3)c3cccnc32)C1. The third kappa shape index (κ3) is 3.17. The maximum Gasteiger partial charge on any atom is 0.335 e.